The highest BCUT2D eigenvalue weighted by atomic mass is 15.4. The van der Waals surface area contributed by atoms with Crippen LogP contribution < -0.4 is 5.84 Å². The van der Waals surface area contributed by atoms with Gasteiger partial charge in [-0.25, -0.2) is 5.01 Å². The van der Waals surface area contributed by atoms with Crippen molar-refractivity contribution < 1.29 is 0 Å². The van der Waals surface area contributed by atoms with Crippen LogP contribution in [0.15, 0.2) is 0 Å². The van der Waals surface area contributed by atoms with Gasteiger partial charge >= 0.3 is 0 Å². The van der Waals surface area contributed by atoms with E-state index in [1.54, 1.807) is 0 Å². The number of rotatable bonds is 1. The van der Waals surface area contributed by atoms with Crippen LogP contribution in [0.4, 0.5) is 0 Å². The minimum atomic E-state index is 0.623. The van der Waals surface area contributed by atoms with Crippen LogP contribution in [0.2, 0.25) is 0 Å². The van der Waals surface area contributed by atoms with Gasteiger partial charge < -0.3 is 0 Å². The van der Waals surface area contributed by atoms with Gasteiger partial charge in [0.15, 0.2) is 0 Å². The van der Waals surface area contributed by atoms with E-state index in [0.29, 0.717) is 12.0 Å². The number of hydrazine groups is 1. The molecule has 0 aromatic rings. The van der Waals surface area contributed by atoms with Crippen molar-refractivity contribution in [3.05, 3.63) is 0 Å². The molecule has 1 atom stereocenters. The minimum Gasteiger partial charge on any atom is -0.269 e. The Hall–Kier alpha value is -0.0800. The predicted octanol–water partition coefficient (Wildman–Crippen LogP) is 1.76. The molecule has 66 valence electrons. The summed E-state index contributed by atoms with van der Waals surface area (Å²) in [5.74, 6) is 6.62. The molecule has 2 N–H and O–H groups in total. The molecule has 1 unspecified atom stereocenters. The summed E-state index contributed by atoms with van der Waals surface area (Å²) in [4.78, 5) is 0. The molecular weight excluding hydrogens is 136 g/mol. The van der Waals surface area contributed by atoms with Gasteiger partial charge in [0, 0.05) is 12.6 Å². The van der Waals surface area contributed by atoms with Gasteiger partial charge in [-0.15, -0.1) is 0 Å². The fourth-order valence-corrected chi connectivity index (χ4v) is 1.87. The van der Waals surface area contributed by atoms with Crippen LogP contribution in [-0.4, -0.2) is 17.6 Å². The van der Waals surface area contributed by atoms with Crippen molar-refractivity contribution in [1.82, 2.24) is 5.01 Å². The van der Waals surface area contributed by atoms with E-state index in [4.69, 9.17) is 5.84 Å². The molecule has 2 nitrogen and oxygen atoms in total. The summed E-state index contributed by atoms with van der Waals surface area (Å²) in [7, 11) is 0. The van der Waals surface area contributed by atoms with Crippen LogP contribution >= 0.6 is 0 Å². The normalized spacial score (nSPS) is 28.9. The maximum Gasteiger partial charge on any atom is 0.0264 e. The maximum atomic E-state index is 5.91. The second-order valence-electron chi connectivity index (χ2n) is 3.90. The lowest BCUT2D eigenvalue weighted by atomic mass is 9.99. The molecular formula is C9H20N2. The van der Waals surface area contributed by atoms with Crippen LogP contribution in [0.1, 0.15) is 39.5 Å². The fourth-order valence-electron chi connectivity index (χ4n) is 1.87. The number of nitrogens with zero attached hydrogens (tertiary/aromatic N) is 1. The Kier molecular flexibility index (Phi) is 3.34. The van der Waals surface area contributed by atoms with E-state index in [1.807, 2.05) is 5.01 Å². The summed E-state index contributed by atoms with van der Waals surface area (Å²) in [5, 5.41) is 2.04. The van der Waals surface area contributed by atoms with Gasteiger partial charge in [-0.1, -0.05) is 26.7 Å². The Bertz CT molecular complexity index is 112. The number of hydrogen-bond donors (Lipinski definition) is 1. The van der Waals surface area contributed by atoms with E-state index in [9.17, 15) is 0 Å². The Labute approximate surface area is 69.7 Å². The molecule has 0 spiro atoms. The average molecular weight is 156 g/mol. The lowest BCUT2D eigenvalue weighted by Gasteiger charge is -2.28. The Morgan fingerprint density at radius 2 is 2.00 bits per heavy atom. The highest BCUT2D eigenvalue weighted by Gasteiger charge is 2.20. The Morgan fingerprint density at radius 3 is 2.64 bits per heavy atom. The van der Waals surface area contributed by atoms with Crippen LogP contribution in [0, 0.1) is 5.92 Å². The van der Waals surface area contributed by atoms with Gasteiger partial charge in [0.2, 0.25) is 0 Å². The van der Waals surface area contributed by atoms with Crippen LogP contribution in [0.3, 0.4) is 0 Å². The minimum absolute atomic E-state index is 0.623. The van der Waals surface area contributed by atoms with Gasteiger partial charge in [0.05, 0.1) is 0 Å². The van der Waals surface area contributed by atoms with Gasteiger partial charge in [0.25, 0.3) is 0 Å². The first-order valence-electron chi connectivity index (χ1n) is 4.73. The standard InChI is InChI=1S/C9H20N2/c1-8(2)9-6-4-3-5-7-11(9)10/h8-9H,3-7,10H2,1-2H3. The third-order valence-corrected chi connectivity index (χ3v) is 2.61. The van der Waals surface area contributed by atoms with Gasteiger partial charge in [-0.3, -0.25) is 5.84 Å². The first-order chi connectivity index (χ1) is 5.22. The molecule has 0 aromatic carbocycles. The molecule has 1 fully saturated rings. The van der Waals surface area contributed by atoms with Crippen molar-refractivity contribution in [2.24, 2.45) is 11.8 Å². The maximum absolute atomic E-state index is 5.91. The van der Waals surface area contributed by atoms with Crippen molar-refractivity contribution in [3.63, 3.8) is 0 Å². The van der Waals surface area contributed by atoms with E-state index >= 15 is 0 Å². The summed E-state index contributed by atoms with van der Waals surface area (Å²) in [6, 6.07) is 0.623. The molecule has 2 heteroatoms. The number of hydrogen-bond acceptors (Lipinski definition) is 2. The summed E-state index contributed by atoms with van der Waals surface area (Å²) >= 11 is 0. The molecule has 0 saturated carbocycles. The average Bonchev–Trinajstić information content (AvgIpc) is 2.13. The molecule has 1 saturated heterocycles. The molecule has 0 amide bonds. The Morgan fingerprint density at radius 1 is 1.27 bits per heavy atom. The van der Waals surface area contributed by atoms with Crippen molar-refractivity contribution in [2.45, 2.75) is 45.6 Å². The van der Waals surface area contributed by atoms with Gasteiger partial charge in [-0.05, 0) is 18.8 Å². The third-order valence-electron chi connectivity index (χ3n) is 2.61. The van der Waals surface area contributed by atoms with E-state index in [0.717, 1.165) is 6.54 Å². The zero-order chi connectivity index (χ0) is 8.27. The number of nitrogens with two attached hydrogens (primary N) is 1. The molecule has 0 bridgehead atoms. The second kappa shape index (κ2) is 4.07. The lowest BCUT2D eigenvalue weighted by molar-refractivity contribution is 0.160. The topological polar surface area (TPSA) is 29.3 Å². The molecule has 1 aliphatic rings. The van der Waals surface area contributed by atoms with E-state index in [1.165, 1.54) is 25.7 Å². The SMILES string of the molecule is CC(C)C1CCCCCN1N. The van der Waals surface area contributed by atoms with Crippen LogP contribution in [-0.2, 0) is 0 Å². The van der Waals surface area contributed by atoms with E-state index in [2.05, 4.69) is 13.8 Å². The van der Waals surface area contributed by atoms with Crippen LogP contribution in [0.5, 0.6) is 0 Å². The van der Waals surface area contributed by atoms with Gasteiger partial charge in [0.1, 0.15) is 0 Å². The molecule has 0 aliphatic carbocycles. The molecule has 0 aromatic heterocycles. The monoisotopic (exact) mass is 156 g/mol. The lowest BCUT2D eigenvalue weighted by Crippen LogP contribution is -2.43. The highest BCUT2D eigenvalue weighted by molar-refractivity contribution is 4.73. The van der Waals surface area contributed by atoms with Crippen LogP contribution in [0.25, 0.3) is 0 Å². The summed E-state index contributed by atoms with van der Waals surface area (Å²) in [6.07, 6.45) is 5.28. The molecule has 1 heterocycles. The van der Waals surface area contributed by atoms with E-state index in [-0.39, 0.29) is 0 Å². The molecule has 0 radical (unpaired) electrons. The zero-order valence-electron chi connectivity index (χ0n) is 7.71. The van der Waals surface area contributed by atoms with Crippen molar-refractivity contribution in [2.75, 3.05) is 6.54 Å². The quantitative estimate of drug-likeness (QED) is 0.586. The second-order valence-corrected chi connectivity index (χ2v) is 3.90. The predicted molar refractivity (Wildman–Crippen MR) is 48.0 cm³/mol. The molecule has 1 aliphatic heterocycles. The first-order valence-corrected chi connectivity index (χ1v) is 4.73. The van der Waals surface area contributed by atoms with Crippen molar-refractivity contribution in [3.8, 4) is 0 Å². The smallest absolute Gasteiger partial charge is 0.0264 e. The highest BCUT2D eigenvalue weighted by Crippen LogP contribution is 2.19. The van der Waals surface area contributed by atoms with Crippen molar-refractivity contribution in [1.29, 1.82) is 0 Å². The summed E-state index contributed by atoms with van der Waals surface area (Å²) in [5.41, 5.74) is 0. The molecule has 1 rings (SSSR count). The largest absolute Gasteiger partial charge is 0.269 e. The van der Waals surface area contributed by atoms with E-state index < -0.39 is 0 Å². The molecule has 11 heavy (non-hydrogen) atoms. The first kappa shape index (κ1) is 9.01. The van der Waals surface area contributed by atoms with Gasteiger partial charge in [-0.2, -0.15) is 0 Å². The zero-order valence-corrected chi connectivity index (χ0v) is 7.71. The van der Waals surface area contributed by atoms with Crippen molar-refractivity contribution >= 4 is 0 Å². The third kappa shape index (κ3) is 2.46. The Balaban J connectivity index is 2.45. The fraction of sp³-hybridized carbons (Fsp3) is 1.00. The summed E-state index contributed by atoms with van der Waals surface area (Å²) in [6.45, 7) is 5.61. The summed E-state index contributed by atoms with van der Waals surface area (Å²) < 4.78 is 0.